The van der Waals surface area contributed by atoms with E-state index in [-0.39, 0.29) is 29.7 Å². The molecule has 0 saturated carbocycles. The van der Waals surface area contributed by atoms with Crippen molar-refractivity contribution in [2.45, 2.75) is 18.7 Å². The number of alkyl halides is 1. The fraction of sp³-hybridized carbons (Fsp3) is 0.267. The van der Waals surface area contributed by atoms with E-state index in [1.165, 1.54) is 0 Å². The molecular formula is C15H14BrClN2O4. The number of carbonyl (C=O) groups excluding carboxylic acids is 2. The highest BCUT2D eigenvalue weighted by atomic mass is 79.9. The molecule has 1 atom stereocenters. The first-order chi connectivity index (χ1) is 10.9. The fourth-order valence-corrected chi connectivity index (χ4v) is 2.02. The Hall–Kier alpha value is -1.86. The van der Waals surface area contributed by atoms with Gasteiger partial charge in [-0.1, -0.05) is 44.8 Å². The van der Waals surface area contributed by atoms with Crippen molar-refractivity contribution in [3.63, 3.8) is 0 Å². The van der Waals surface area contributed by atoms with E-state index in [0.29, 0.717) is 10.6 Å². The number of carbonyl (C=O) groups is 2. The first kappa shape index (κ1) is 17.5. The number of hydrogen-bond acceptors (Lipinski definition) is 5. The molecule has 1 amide bonds. The predicted molar refractivity (Wildman–Crippen MR) is 89.9 cm³/mol. The minimum Gasteiger partial charge on any atom is -0.462 e. The van der Waals surface area contributed by atoms with Gasteiger partial charge in [-0.3, -0.25) is 10.1 Å². The molecule has 0 bridgehead atoms. The maximum Gasteiger partial charge on any atom is 0.346 e. The SMILES string of the molecule is CCOC(=O)c1c(-c2ccc(Cl)cc2)noc1NC(=O)C(C)Br. The number of amides is 1. The van der Waals surface area contributed by atoms with Gasteiger partial charge in [-0.2, -0.15) is 0 Å². The molecule has 2 aromatic rings. The number of halogens is 2. The van der Waals surface area contributed by atoms with Crippen LogP contribution in [0.5, 0.6) is 0 Å². The number of aromatic nitrogens is 1. The second-order valence-corrected chi connectivity index (χ2v) is 6.38. The van der Waals surface area contributed by atoms with Gasteiger partial charge >= 0.3 is 5.97 Å². The molecule has 0 saturated heterocycles. The van der Waals surface area contributed by atoms with Crippen LogP contribution >= 0.6 is 27.5 Å². The number of anilines is 1. The lowest BCUT2D eigenvalue weighted by molar-refractivity contribution is -0.115. The number of nitrogens with zero attached hydrogens (tertiary/aromatic N) is 1. The summed E-state index contributed by atoms with van der Waals surface area (Å²) in [5, 5.41) is 6.94. The van der Waals surface area contributed by atoms with Crippen LogP contribution in [-0.2, 0) is 9.53 Å². The largest absolute Gasteiger partial charge is 0.462 e. The van der Waals surface area contributed by atoms with Crippen molar-refractivity contribution in [2.75, 3.05) is 11.9 Å². The van der Waals surface area contributed by atoms with Gasteiger partial charge in [0, 0.05) is 10.6 Å². The molecule has 1 heterocycles. The van der Waals surface area contributed by atoms with E-state index in [2.05, 4.69) is 26.4 Å². The number of ether oxygens (including phenoxy) is 1. The number of rotatable bonds is 5. The maximum atomic E-state index is 12.2. The first-order valence-corrected chi connectivity index (χ1v) is 8.11. The average molecular weight is 402 g/mol. The lowest BCUT2D eigenvalue weighted by Gasteiger charge is -2.06. The van der Waals surface area contributed by atoms with Crippen molar-refractivity contribution in [1.29, 1.82) is 0 Å². The zero-order valence-electron chi connectivity index (χ0n) is 12.4. The molecule has 23 heavy (non-hydrogen) atoms. The molecule has 2 rings (SSSR count). The highest BCUT2D eigenvalue weighted by Crippen LogP contribution is 2.30. The summed E-state index contributed by atoms with van der Waals surface area (Å²) in [4.78, 5) is 23.6. The van der Waals surface area contributed by atoms with Crippen molar-refractivity contribution in [1.82, 2.24) is 5.16 Å². The molecular weight excluding hydrogens is 388 g/mol. The van der Waals surface area contributed by atoms with Crippen LogP contribution in [0.25, 0.3) is 11.3 Å². The van der Waals surface area contributed by atoms with Crippen LogP contribution in [0.4, 0.5) is 5.88 Å². The minimum absolute atomic E-state index is 0.0512. The van der Waals surface area contributed by atoms with Gasteiger partial charge in [-0.15, -0.1) is 0 Å². The Morgan fingerprint density at radius 1 is 1.39 bits per heavy atom. The molecule has 6 nitrogen and oxygen atoms in total. The predicted octanol–water partition coefficient (Wildman–Crippen LogP) is 3.89. The van der Waals surface area contributed by atoms with Gasteiger partial charge in [0.05, 0.1) is 11.4 Å². The van der Waals surface area contributed by atoms with Crippen LogP contribution in [0.1, 0.15) is 24.2 Å². The first-order valence-electron chi connectivity index (χ1n) is 6.81. The summed E-state index contributed by atoms with van der Waals surface area (Å²) in [5.74, 6) is -1.05. The number of hydrogen-bond donors (Lipinski definition) is 1. The summed E-state index contributed by atoms with van der Waals surface area (Å²) >= 11 is 9.01. The Labute approximate surface area is 146 Å². The van der Waals surface area contributed by atoms with Crippen molar-refractivity contribution in [3.05, 3.63) is 34.9 Å². The highest BCUT2D eigenvalue weighted by Gasteiger charge is 2.27. The number of nitrogens with one attached hydrogen (secondary N) is 1. The summed E-state index contributed by atoms with van der Waals surface area (Å²) in [6.07, 6.45) is 0. The van der Waals surface area contributed by atoms with E-state index < -0.39 is 10.8 Å². The molecule has 0 radical (unpaired) electrons. The standard InChI is InChI=1S/C15H14BrClN2O4/c1-3-22-15(21)11-12(9-4-6-10(17)7-5-9)19-23-14(11)18-13(20)8(2)16/h4-8H,3H2,1-2H3,(H,18,20). The third kappa shape index (κ3) is 4.11. The second kappa shape index (κ2) is 7.61. The molecule has 0 aliphatic rings. The van der Waals surface area contributed by atoms with Gasteiger partial charge < -0.3 is 9.26 Å². The van der Waals surface area contributed by atoms with Gasteiger partial charge in [0.25, 0.3) is 0 Å². The molecule has 1 aromatic heterocycles. The lowest BCUT2D eigenvalue weighted by atomic mass is 10.1. The summed E-state index contributed by atoms with van der Waals surface area (Å²) < 4.78 is 10.2. The Morgan fingerprint density at radius 2 is 2.04 bits per heavy atom. The van der Waals surface area contributed by atoms with Gasteiger partial charge in [0.1, 0.15) is 5.69 Å². The van der Waals surface area contributed by atoms with E-state index in [1.807, 2.05) is 0 Å². The van der Waals surface area contributed by atoms with E-state index >= 15 is 0 Å². The molecule has 0 fully saturated rings. The summed E-state index contributed by atoms with van der Waals surface area (Å²) in [5.41, 5.74) is 0.960. The van der Waals surface area contributed by atoms with Crippen LogP contribution < -0.4 is 5.32 Å². The van der Waals surface area contributed by atoms with Gasteiger partial charge in [0.2, 0.25) is 11.8 Å². The number of benzene rings is 1. The number of esters is 1. The van der Waals surface area contributed by atoms with Crippen molar-refractivity contribution >= 4 is 45.3 Å². The Morgan fingerprint density at radius 3 is 2.61 bits per heavy atom. The van der Waals surface area contributed by atoms with E-state index in [0.717, 1.165) is 0 Å². The highest BCUT2D eigenvalue weighted by molar-refractivity contribution is 9.10. The molecule has 1 aromatic carbocycles. The zero-order chi connectivity index (χ0) is 17.0. The molecule has 0 aliphatic carbocycles. The molecule has 8 heteroatoms. The van der Waals surface area contributed by atoms with E-state index in [9.17, 15) is 9.59 Å². The van der Waals surface area contributed by atoms with E-state index in [4.69, 9.17) is 20.9 Å². The second-order valence-electron chi connectivity index (χ2n) is 4.57. The molecule has 122 valence electrons. The Kier molecular flexibility index (Phi) is 5.79. The van der Waals surface area contributed by atoms with Crippen LogP contribution in [0.15, 0.2) is 28.8 Å². The normalized spacial score (nSPS) is 11.8. The van der Waals surface area contributed by atoms with Gasteiger partial charge in [0.15, 0.2) is 5.56 Å². The van der Waals surface area contributed by atoms with Crippen molar-refractivity contribution < 1.29 is 18.8 Å². The topological polar surface area (TPSA) is 81.4 Å². The summed E-state index contributed by atoms with van der Waals surface area (Å²) in [7, 11) is 0. The lowest BCUT2D eigenvalue weighted by Crippen LogP contribution is -2.21. The summed E-state index contributed by atoms with van der Waals surface area (Å²) in [6, 6.07) is 6.72. The summed E-state index contributed by atoms with van der Waals surface area (Å²) in [6.45, 7) is 3.52. The van der Waals surface area contributed by atoms with Crippen LogP contribution in [-0.4, -0.2) is 28.5 Å². The maximum absolute atomic E-state index is 12.2. The third-order valence-electron chi connectivity index (χ3n) is 2.89. The fourth-order valence-electron chi connectivity index (χ4n) is 1.78. The third-order valence-corrected chi connectivity index (χ3v) is 3.56. The van der Waals surface area contributed by atoms with Crippen molar-refractivity contribution in [3.8, 4) is 11.3 Å². The van der Waals surface area contributed by atoms with Crippen molar-refractivity contribution in [2.24, 2.45) is 0 Å². The molecule has 0 spiro atoms. The van der Waals surface area contributed by atoms with Gasteiger partial charge in [-0.05, 0) is 26.0 Å². The van der Waals surface area contributed by atoms with Crippen LogP contribution in [0.2, 0.25) is 5.02 Å². The van der Waals surface area contributed by atoms with Crippen LogP contribution in [0, 0.1) is 0 Å². The quantitative estimate of drug-likeness (QED) is 0.607. The minimum atomic E-state index is -0.628. The monoisotopic (exact) mass is 400 g/mol. The van der Waals surface area contributed by atoms with E-state index in [1.54, 1.807) is 38.1 Å². The molecule has 1 N–H and O–H groups in total. The molecule has 0 aliphatic heterocycles. The Bertz CT molecular complexity index is 713. The Balaban J connectivity index is 2.46. The molecule has 1 unspecified atom stereocenters. The average Bonchev–Trinajstić information content (AvgIpc) is 2.91. The van der Waals surface area contributed by atoms with Gasteiger partial charge in [-0.25, -0.2) is 4.79 Å². The smallest absolute Gasteiger partial charge is 0.346 e. The van der Waals surface area contributed by atoms with Crippen LogP contribution in [0.3, 0.4) is 0 Å². The zero-order valence-corrected chi connectivity index (χ0v) is 14.8.